The van der Waals surface area contributed by atoms with Crippen LogP contribution in [0.5, 0.6) is 0 Å². The molecule has 2 N–H and O–H groups in total. The minimum Gasteiger partial charge on any atom is -0.466 e. The molecule has 0 aromatic heterocycles. The number of hydrogen-bond donors (Lipinski definition) is 1. The molecule has 0 heterocycles. The molecular formula is C12H26ClNO4S. The lowest BCUT2D eigenvalue weighted by Crippen LogP contribution is -2.21. The summed E-state index contributed by atoms with van der Waals surface area (Å²) in [6, 6.07) is 0. The molecule has 0 spiro atoms. The van der Waals surface area contributed by atoms with E-state index < -0.39 is 9.84 Å². The van der Waals surface area contributed by atoms with Crippen molar-refractivity contribution in [2.24, 2.45) is 17.6 Å². The number of esters is 1. The largest absolute Gasteiger partial charge is 0.466 e. The summed E-state index contributed by atoms with van der Waals surface area (Å²) in [5, 5.41) is 0. The van der Waals surface area contributed by atoms with Crippen molar-refractivity contribution in [3.05, 3.63) is 0 Å². The molecule has 0 saturated carbocycles. The van der Waals surface area contributed by atoms with Gasteiger partial charge in [0.05, 0.1) is 12.4 Å². The van der Waals surface area contributed by atoms with E-state index in [0.717, 1.165) is 6.42 Å². The fourth-order valence-corrected chi connectivity index (χ4v) is 2.37. The number of carbonyl (C=O) groups is 1. The van der Waals surface area contributed by atoms with E-state index in [9.17, 15) is 13.2 Å². The second-order valence-electron chi connectivity index (χ2n) is 5.14. The summed E-state index contributed by atoms with van der Waals surface area (Å²) in [5.74, 6) is 0.399. The summed E-state index contributed by atoms with van der Waals surface area (Å²) in [5.41, 5.74) is 5.59. The van der Waals surface area contributed by atoms with Gasteiger partial charge in [-0.25, -0.2) is 8.42 Å². The van der Waals surface area contributed by atoms with E-state index in [1.165, 1.54) is 6.26 Å². The zero-order chi connectivity index (χ0) is 14.2. The Bertz CT molecular complexity index is 344. The first-order valence-corrected chi connectivity index (χ1v) is 8.34. The number of halogens is 1. The predicted octanol–water partition coefficient (Wildman–Crippen LogP) is 1.40. The molecule has 1 atom stereocenters. The molecule has 0 unspecified atom stereocenters. The van der Waals surface area contributed by atoms with E-state index in [4.69, 9.17) is 10.5 Å². The zero-order valence-corrected chi connectivity index (χ0v) is 13.6. The lowest BCUT2D eigenvalue weighted by molar-refractivity contribution is -0.144. The highest BCUT2D eigenvalue weighted by atomic mass is 35.5. The normalized spacial score (nSPS) is 12.9. The summed E-state index contributed by atoms with van der Waals surface area (Å²) < 4.78 is 26.7. The third-order valence-electron chi connectivity index (χ3n) is 2.52. The van der Waals surface area contributed by atoms with E-state index in [2.05, 4.69) is 13.8 Å². The molecule has 0 radical (unpaired) electrons. The third kappa shape index (κ3) is 13.9. The van der Waals surface area contributed by atoms with Crippen molar-refractivity contribution >= 4 is 28.2 Å². The Kier molecular flexibility index (Phi) is 11.5. The molecule has 0 aliphatic carbocycles. The maximum absolute atomic E-state index is 11.5. The monoisotopic (exact) mass is 315 g/mol. The van der Waals surface area contributed by atoms with Crippen LogP contribution < -0.4 is 5.73 Å². The Hall–Kier alpha value is -0.330. The third-order valence-corrected chi connectivity index (χ3v) is 3.55. The Morgan fingerprint density at radius 3 is 2.32 bits per heavy atom. The van der Waals surface area contributed by atoms with Gasteiger partial charge in [0.1, 0.15) is 9.84 Å². The van der Waals surface area contributed by atoms with Crippen LogP contribution in [0.15, 0.2) is 0 Å². The van der Waals surface area contributed by atoms with Gasteiger partial charge in [0.25, 0.3) is 0 Å². The van der Waals surface area contributed by atoms with Gasteiger partial charge < -0.3 is 10.5 Å². The first-order chi connectivity index (χ1) is 8.24. The van der Waals surface area contributed by atoms with Gasteiger partial charge in [-0.15, -0.1) is 12.4 Å². The highest BCUT2D eigenvalue weighted by Gasteiger charge is 2.15. The SMILES string of the molecule is CC(C)C[C@H](CN)CC(=O)OCCCS(C)(=O)=O.Cl. The maximum atomic E-state index is 11.5. The van der Waals surface area contributed by atoms with Crippen molar-refractivity contribution in [3.63, 3.8) is 0 Å². The molecule has 0 saturated heterocycles. The summed E-state index contributed by atoms with van der Waals surface area (Å²) in [6.45, 7) is 4.79. The van der Waals surface area contributed by atoms with Gasteiger partial charge in [-0.1, -0.05) is 13.8 Å². The Balaban J connectivity index is 0. The van der Waals surface area contributed by atoms with Gasteiger partial charge >= 0.3 is 5.97 Å². The highest BCUT2D eigenvalue weighted by molar-refractivity contribution is 7.90. The Morgan fingerprint density at radius 1 is 1.32 bits per heavy atom. The average Bonchev–Trinajstić information content (AvgIpc) is 2.21. The van der Waals surface area contributed by atoms with Crippen LogP contribution in [0.1, 0.15) is 33.1 Å². The molecule has 0 amide bonds. The minimum atomic E-state index is -2.98. The van der Waals surface area contributed by atoms with Crippen molar-refractivity contribution in [1.29, 1.82) is 0 Å². The Morgan fingerprint density at radius 2 is 1.89 bits per heavy atom. The molecule has 7 heteroatoms. The van der Waals surface area contributed by atoms with E-state index >= 15 is 0 Å². The number of ether oxygens (including phenoxy) is 1. The van der Waals surface area contributed by atoms with Gasteiger partial charge in [0, 0.05) is 12.7 Å². The number of nitrogens with two attached hydrogens (primary N) is 1. The molecule has 5 nitrogen and oxygen atoms in total. The van der Waals surface area contributed by atoms with Crippen LogP contribution in [0.4, 0.5) is 0 Å². The minimum absolute atomic E-state index is 0. The molecule has 0 aliphatic heterocycles. The summed E-state index contributed by atoms with van der Waals surface area (Å²) in [4.78, 5) is 11.5. The van der Waals surface area contributed by atoms with Crippen LogP contribution in [0.25, 0.3) is 0 Å². The van der Waals surface area contributed by atoms with Crippen LogP contribution in [-0.4, -0.2) is 39.5 Å². The van der Waals surface area contributed by atoms with Gasteiger partial charge in [0.15, 0.2) is 0 Å². The molecule has 116 valence electrons. The smallest absolute Gasteiger partial charge is 0.306 e. The van der Waals surface area contributed by atoms with Gasteiger partial charge in [-0.3, -0.25) is 4.79 Å². The number of sulfone groups is 1. The van der Waals surface area contributed by atoms with Crippen LogP contribution in [-0.2, 0) is 19.4 Å². The fourth-order valence-electron chi connectivity index (χ4n) is 1.73. The van der Waals surface area contributed by atoms with Gasteiger partial charge in [-0.05, 0) is 31.2 Å². The van der Waals surface area contributed by atoms with E-state index in [1.54, 1.807) is 0 Å². The summed E-state index contributed by atoms with van der Waals surface area (Å²) in [6.07, 6.45) is 2.73. The Labute approximate surface area is 122 Å². The van der Waals surface area contributed by atoms with Gasteiger partial charge in [0.2, 0.25) is 0 Å². The summed E-state index contributed by atoms with van der Waals surface area (Å²) >= 11 is 0. The highest BCUT2D eigenvalue weighted by Crippen LogP contribution is 2.14. The standard InChI is InChI=1S/C12H25NO4S.ClH/c1-10(2)7-11(9-13)8-12(14)17-5-4-6-18(3,15)16;/h10-11H,4-9,13H2,1-3H3;1H/t11-;/m0./s1. The van der Waals surface area contributed by atoms with Crippen LogP contribution in [0.3, 0.4) is 0 Å². The fraction of sp³-hybridized carbons (Fsp3) is 0.917. The lowest BCUT2D eigenvalue weighted by Gasteiger charge is -2.16. The van der Waals surface area contributed by atoms with E-state index in [0.29, 0.717) is 25.3 Å². The van der Waals surface area contributed by atoms with Crippen molar-refractivity contribution in [1.82, 2.24) is 0 Å². The van der Waals surface area contributed by atoms with Crippen LogP contribution in [0, 0.1) is 11.8 Å². The van der Waals surface area contributed by atoms with Crippen LogP contribution >= 0.6 is 12.4 Å². The number of hydrogen-bond acceptors (Lipinski definition) is 5. The first kappa shape index (κ1) is 21.0. The predicted molar refractivity (Wildman–Crippen MR) is 79.2 cm³/mol. The number of carbonyl (C=O) groups excluding carboxylic acids is 1. The quantitative estimate of drug-likeness (QED) is 0.513. The second-order valence-corrected chi connectivity index (χ2v) is 7.40. The molecule has 0 aliphatic rings. The van der Waals surface area contributed by atoms with Crippen molar-refractivity contribution < 1.29 is 17.9 Å². The lowest BCUT2D eigenvalue weighted by atomic mass is 9.94. The molecule has 0 rings (SSSR count). The van der Waals surface area contributed by atoms with E-state index in [-0.39, 0.29) is 36.7 Å². The van der Waals surface area contributed by atoms with Crippen LogP contribution in [0.2, 0.25) is 0 Å². The van der Waals surface area contributed by atoms with Crippen molar-refractivity contribution in [2.75, 3.05) is 25.2 Å². The number of rotatable bonds is 9. The molecule has 0 fully saturated rings. The first-order valence-electron chi connectivity index (χ1n) is 6.28. The molecule has 0 aromatic carbocycles. The molecule has 0 aromatic rings. The second kappa shape index (κ2) is 10.5. The molecule has 19 heavy (non-hydrogen) atoms. The summed E-state index contributed by atoms with van der Waals surface area (Å²) in [7, 11) is -2.98. The van der Waals surface area contributed by atoms with Crippen molar-refractivity contribution in [3.8, 4) is 0 Å². The average molecular weight is 316 g/mol. The van der Waals surface area contributed by atoms with Crippen molar-refractivity contribution in [2.45, 2.75) is 33.1 Å². The maximum Gasteiger partial charge on any atom is 0.306 e. The molecule has 0 bridgehead atoms. The zero-order valence-electron chi connectivity index (χ0n) is 11.9. The topological polar surface area (TPSA) is 86.5 Å². The molecular weight excluding hydrogens is 290 g/mol. The van der Waals surface area contributed by atoms with Gasteiger partial charge in [-0.2, -0.15) is 0 Å². The van der Waals surface area contributed by atoms with E-state index in [1.807, 2.05) is 0 Å².